The van der Waals surface area contributed by atoms with Gasteiger partial charge >= 0.3 is 0 Å². The fourth-order valence-corrected chi connectivity index (χ4v) is 3.18. The highest BCUT2D eigenvalue weighted by Crippen LogP contribution is 2.32. The van der Waals surface area contributed by atoms with Crippen LogP contribution in [0.4, 0.5) is 0 Å². The summed E-state index contributed by atoms with van der Waals surface area (Å²) in [6.07, 6.45) is 0.845. The quantitative estimate of drug-likeness (QED) is 0.480. The number of benzene rings is 2. The van der Waals surface area contributed by atoms with Crippen molar-refractivity contribution in [3.05, 3.63) is 65.7 Å². The Kier molecular flexibility index (Phi) is 7.52. The van der Waals surface area contributed by atoms with E-state index in [1.807, 2.05) is 37.3 Å². The molecule has 0 spiro atoms. The summed E-state index contributed by atoms with van der Waals surface area (Å²) in [5.74, 6) is 2.77. The maximum absolute atomic E-state index is 6.10. The van der Waals surface area contributed by atoms with Gasteiger partial charge in [0.1, 0.15) is 5.75 Å². The second-order valence-corrected chi connectivity index (χ2v) is 7.36. The Balaban J connectivity index is 2.12. The summed E-state index contributed by atoms with van der Waals surface area (Å²) >= 11 is 0. The van der Waals surface area contributed by atoms with Crippen LogP contribution in [0.3, 0.4) is 0 Å². The van der Waals surface area contributed by atoms with Gasteiger partial charge in [0.2, 0.25) is 6.29 Å². The van der Waals surface area contributed by atoms with Crippen LogP contribution in [-0.4, -0.2) is 6.61 Å². The number of hydrogen-bond acceptors (Lipinski definition) is 2. The molecule has 2 heteroatoms. The van der Waals surface area contributed by atoms with Crippen molar-refractivity contribution >= 4 is 0 Å². The molecule has 25 heavy (non-hydrogen) atoms. The van der Waals surface area contributed by atoms with Gasteiger partial charge in [-0.2, -0.15) is 0 Å². The first-order valence-corrected chi connectivity index (χ1v) is 9.44. The molecule has 2 atom stereocenters. The van der Waals surface area contributed by atoms with Gasteiger partial charge in [-0.1, -0.05) is 70.2 Å². The van der Waals surface area contributed by atoms with Gasteiger partial charge in [-0.15, -0.1) is 0 Å². The van der Waals surface area contributed by atoms with E-state index in [9.17, 15) is 0 Å². The van der Waals surface area contributed by atoms with Crippen molar-refractivity contribution in [2.75, 3.05) is 6.61 Å². The average Bonchev–Trinajstić information content (AvgIpc) is 2.60. The van der Waals surface area contributed by atoms with Crippen LogP contribution in [0.1, 0.15) is 64.4 Å². The molecule has 0 radical (unpaired) electrons. The molecule has 0 N–H and O–H groups in total. The third-order valence-corrected chi connectivity index (χ3v) is 4.47. The summed E-state index contributed by atoms with van der Waals surface area (Å²) < 4.78 is 11.9. The van der Waals surface area contributed by atoms with E-state index in [0.717, 1.165) is 11.3 Å². The molecule has 0 saturated heterocycles. The van der Waals surface area contributed by atoms with E-state index in [-0.39, 0.29) is 6.29 Å². The van der Waals surface area contributed by atoms with E-state index in [1.165, 1.54) is 12.0 Å². The van der Waals surface area contributed by atoms with E-state index in [4.69, 9.17) is 9.47 Å². The summed E-state index contributed by atoms with van der Waals surface area (Å²) in [7, 11) is 0. The molecule has 0 aromatic heterocycles. The predicted molar refractivity (Wildman–Crippen MR) is 105 cm³/mol. The first kappa shape index (κ1) is 19.5. The van der Waals surface area contributed by atoms with Crippen LogP contribution in [0.5, 0.6) is 5.75 Å². The molecule has 0 aliphatic heterocycles. The highest BCUT2D eigenvalue weighted by atomic mass is 16.7. The van der Waals surface area contributed by atoms with Gasteiger partial charge in [0.15, 0.2) is 0 Å². The largest absolute Gasteiger partial charge is 0.461 e. The fraction of sp³-hybridized carbons (Fsp3) is 0.478. The molecule has 0 bridgehead atoms. The van der Waals surface area contributed by atoms with Crippen molar-refractivity contribution in [1.29, 1.82) is 0 Å². The summed E-state index contributed by atoms with van der Waals surface area (Å²) in [6.45, 7) is 11.8. The highest BCUT2D eigenvalue weighted by molar-refractivity contribution is 5.30. The van der Waals surface area contributed by atoms with Gasteiger partial charge < -0.3 is 9.47 Å². The standard InChI is InChI=1S/C23H32O2/c1-6-24-23(20-10-8-7-9-11-20)25-21-14-12-19(13-15-21)22(18(4)5)16-17(2)3/h7-15,17-18,22-23H,6,16H2,1-5H3. The van der Waals surface area contributed by atoms with Crippen LogP contribution in [-0.2, 0) is 4.74 Å². The Hall–Kier alpha value is -1.80. The van der Waals surface area contributed by atoms with Crippen molar-refractivity contribution in [2.45, 2.75) is 53.2 Å². The van der Waals surface area contributed by atoms with Crippen molar-refractivity contribution in [3.63, 3.8) is 0 Å². The van der Waals surface area contributed by atoms with Crippen molar-refractivity contribution in [3.8, 4) is 5.75 Å². The van der Waals surface area contributed by atoms with Crippen molar-refractivity contribution < 1.29 is 9.47 Å². The summed E-state index contributed by atoms with van der Waals surface area (Å²) in [6, 6.07) is 18.6. The maximum atomic E-state index is 6.10. The predicted octanol–water partition coefficient (Wildman–Crippen LogP) is 6.59. The number of ether oxygens (including phenoxy) is 2. The summed E-state index contributed by atoms with van der Waals surface area (Å²) in [4.78, 5) is 0. The summed E-state index contributed by atoms with van der Waals surface area (Å²) in [5, 5.41) is 0. The third-order valence-electron chi connectivity index (χ3n) is 4.47. The lowest BCUT2D eigenvalue weighted by molar-refractivity contribution is -0.0786. The molecule has 2 aromatic carbocycles. The molecule has 0 aliphatic rings. The van der Waals surface area contributed by atoms with Gasteiger partial charge in [-0.3, -0.25) is 0 Å². The van der Waals surface area contributed by atoms with Crippen LogP contribution < -0.4 is 4.74 Å². The molecule has 2 nitrogen and oxygen atoms in total. The Bertz CT molecular complexity index is 602. The van der Waals surface area contributed by atoms with Crippen molar-refractivity contribution in [2.24, 2.45) is 11.8 Å². The number of rotatable bonds is 9. The topological polar surface area (TPSA) is 18.5 Å². The second-order valence-electron chi connectivity index (χ2n) is 7.36. The lowest BCUT2D eigenvalue weighted by atomic mass is 9.82. The molecule has 0 fully saturated rings. The lowest BCUT2D eigenvalue weighted by Crippen LogP contribution is -2.12. The molecule has 0 saturated carbocycles. The number of hydrogen-bond donors (Lipinski definition) is 0. The van der Waals surface area contributed by atoms with Gasteiger partial charge in [0.05, 0.1) is 0 Å². The van der Waals surface area contributed by atoms with E-state index in [2.05, 4.69) is 52.0 Å². The zero-order valence-electron chi connectivity index (χ0n) is 16.2. The monoisotopic (exact) mass is 340 g/mol. The first-order chi connectivity index (χ1) is 12.0. The third kappa shape index (κ3) is 5.89. The maximum Gasteiger partial charge on any atom is 0.226 e. The normalized spacial score (nSPS) is 13.9. The molecule has 0 aliphatic carbocycles. The second kappa shape index (κ2) is 9.62. The van der Waals surface area contributed by atoms with Gasteiger partial charge in [-0.25, -0.2) is 0 Å². The van der Waals surface area contributed by atoms with E-state index < -0.39 is 0 Å². The zero-order valence-corrected chi connectivity index (χ0v) is 16.2. The lowest BCUT2D eigenvalue weighted by Gasteiger charge is -2.24. The fourth-order valence-electron chi connectivity index (χ4n) is 3.18. The van der Waals surface area contributed by atoms with Crippen LogP contribution in [0.15, 0.2) is 54.6 Å². The van der Waals surface area contributed by atoms with Crippen LogP contribution in [0.2, 0.25) is 0 Å². The Labute approximate surface area is 153 Å². The van der Waals surface area contributed by atoms with E-state index in [0.29, 0.717) is 24.4 Å². The molecule has 136 valence electrons. The SMILES string of the molecule is CCOC(Oc1ccc(C(CC(C)C)C(C)C)cc1)c1ccccc1. The minimum atomic E-state index is -0.367. The molecule has 2 unspecified atom stereocenters. The van der Waals surface area contributed by atoms with Gasteiger partial charge in [0, 0.05) is 12.2 Å². The molecule has 2 aromatic rings. The van der Waals surface area contributed by atoms with Gasteiger partial charge in [-0.05, 0) is 48.8 Å². The minimum absolute atomic E-state index is 0.367. The average molecular weight is 341 g/mol. The first-order valence-electron chi connectivity index (χ1n) is 9.44. The van der Waals surface area contributed by atoms with Crippen molar-refractivity contribution in [1.82, 2.24) is 0 Å². The Morgan fingerprint density at radius 1 is 0.800 bits per heavy atom. The van der Waals surface area contributed by atoms with Crippen LogP contribution in [0.25, 0.3) is 0 Å². The molecular formula is C23H32O2. The molecule has 2 rings (SSSR count). The molecule has 0 heterocycles. The Morgan fingerprint density at radius 2 is 1.44 bits per heavy atom. The zero-order chi connectivity index (χ0) is 18.2. The van der Waals surface area contributed by atoms with Crippen LogP contribution in [0, 0.1) is 11.8 Å². The van der Waals surface area contributed by atoms with E-state index >= 15 is 0 Å². The highest BCUT2D eigenvalue weighted by Gasteiger charge is 2.18. The summed E-state index contributed by atoms with van der Waals surface area (Å²) in [5.41, 5.74) is 2.43. The smallest absolute Gasteiger partial charge is 0.226 e. The molecule has 0 amide bonds. The van der Waals surface area contributed by atoms with Crippen LogP contribution >= 0.6 is 0 Å². The Morgan fingerprint density at radius 3 is 1.96 bits per heavy atom. The van der Waals surface area contributed by atoms with Gasteiger partial charge in [0.25, 0.3) is 0 Å². The minimum Gasteiger partial charge on any atom is -0.461 e. The molecular weight excluding hydrogens is 308 g/mol. The van der Waals surface area contributed by atoms with E-state index in [1.54, 1.807) is 0 Å².